The molecule has 0 amide bonds. The molecule has 0 N–H and O–H groups in total. The van der Waals surface area contributed by atoms with Crippen molar-refractivity contribution in [2.45, 2.75) is 23.9 Å². The maximum atomic E-state index is 13.8. The smallest absolute Gasteiger partial charge is 0.287 e. The van der Waals surface area contributed by atoms with Crippen molar-refractivity contribution in [2.24, 2.45) is 0 Å². The number of benzene rings is 2. The first kappa shape index (κ1) is 19.1. The van der Waals surface area contributed by atoms with E-state index in [1.807, 2.05) is 0 Å². The lowest BCUT2D eigenvalue weighted by Crippen LogP contribution is -2.63. The van der Waals surface area contributed by atoms with E-state index in [1.54, 1.807) is 0 Å². The maximum absolute atomic E-state index is 13.8. The van der Waals surface area contributed by atoms with Crippen molar-refractivity contribution in [3.05, 3.63) is 48.0 Å². The summed E-state index contributed by atoms with van der Waals surface area (Å²) in [5.74, 6) is -23.2. The minimum absolute atomic E-state index is 0.134. The molecule has 0 heterocycles. The molecule has 0 atom stereocenters. The van der Waals surface area contributed by atoms with Crippen LogP contribution in [0.25, 0.3) is 10.8 Å². The fourth-order valence-corrected chi connectivity index (χ4v) is 2.11. The first-order chi connectivity index (χ1) is 11.2. The second-order valence-corrected chi connectivity index (χ2v) is 5.08. The third-order valence-corrected chi connectivity index (χ3v) is 3.46. The van der Waals surface area contributed by atoms with Gasteiger partial charge in [-0.3, -0.25) is 4.79 Å². The number of hydrogen-bond donors (Lipinski definition) is 0. The number of rotatable bonds is 4. The van der Waals surface area contributed by atoms with Gasteiger partial charge < -0.3 is 0 Å². The van der Waals surface area contributed by atoms with Crippen LogP contribution in [0.2, 0.25) is 0 Å². The lowest BCUT2D eigenvalue weighted by atomic mass is 9.92. The Morgan fingerprint density at radius 2 is 1.20 bits per heavy atom. The second kappa shape index (κ2) is 5.63. The summed E-state index contributed by atoms with van der Waals surface area (Å²) in [6, 6.07) is 8.01. The van der Waals surface area contributed by atoms with Gasteiger partial charge in [-0.2, -0.15) is 39.5 Å². The van der Waals surface area contributed by atoms with E-state index >= 15 is 0 Å². The SMILES string of the molecule is O=C(c1cccc2ccccc12)C(F)(F)C(F)(F)C(F)(F)C(F)(F)F. The topological polar surface area (TPSA) is 17.1 Å². The van der Waals surface area contributed by atoms with Gasteiger partial charge in [0.2, 0.25) is 5.78 Å². The highest BCUT2D eigenvalue weighted by Gasteiger charge is 2.83. The Balaban J connectivity index is 2.60. The normalized spacial score (nSPS) is 14.0. The average Bonchev–Trinajstić information content (AvgIpc) is 2.52. The standard InChI is InChI=1S/C15H7F9O/c16-12(17,13(18,19)14(20,21)15(22,23)24)11(25)10-7-3-5-8-4-1-2-6-9(8)10/h1-7H. The minimum atomic E-state index is -7.11. The molecule has 2 rings (SSSR count). The monoisotopic (exact) mass is 374 g/mol. The molecule has 136 valence electrons. The molecule has 25 heavy (non-hydrogen) atoms. The van der Waals surface area contributed by atoms with Gasteiger partial charge in [-0.1, -0.05) is 42.5 Å². The van der Waals surface area contributed by atoms with Crippen LogP contribution in [0, 0.1) is 0 Å². The van der Waals surface area contributed by atoms with Gasteiger partial charge in [0, 0.05) is 5.56 Å². The molecule has 2 aromatic carbocycles. The van der Waals surface area contributed by atoms with Gasteiger partial charge in [-0.25, -0.2) is 0 Å². The summed E-state index contributed by atoms with van der Waals surface area (Å²) in [7, 11) is 0. The zero-order chi connectivity index (χ0) is 19.3. The molecule has 0 aliphatic rings. The van der Waals surface area contributed by atoms with Gasteiger partial charge in [0.15, 0.2) is 0 Å². The zero-order valence-corrected chi connectivity index (χ0v) is 11.9. The van der Waals surface area contributed by atoms with Crippen molar-refractivity contribution in [3.63, 3.8) is 0 Å². The van der Waals surface area contributed by atoms with Crippen LogP contribution in [0.3, 0.4) is 0 Å². The van der Waals surface area contributed by atoms with Crippen LogP contribution in [-0.4, -0.2) is 29.7 Å². The molecular weight excluding hydrogens is 367 g/mol. The first-order valence-electron chi connectivity index (χ1n) is 6.48. The number of alkyl halides is 9. The molecule has 0 fully saturated rings. The average molecular weight is 374 g/mol. The summed E-state index contributed by atoms with van der Waals surface area (Å²) < 4.78 is 116. The summed E-state index contributed by atoms with van der Waals surface area (Å²) in [5, 5.41) is -0.157. The minimum Gasteiger partial charge on any atom is -0.287 e. The van der Waals surface area contributed by atoms with E-state index < -0.39 is 35.3 Å². The molecule has 0 unspecified atom stereocenters. The Morgan fingerprint density at radius 1 is 0.680 bits per heavy atom. The molecular formula is C15H7F9O. The number of hydrogen-bond acceptors (Lipinski definition) is 1. The largest absolute Gasteiger partial charge is 0.460 e. The Labute approximate surface area is 134 Å². The fourth-order valence-electron chi connectivity index (χ4n) is 2.11. The van der Waals surface area contributed by atoms with Gasteiger partial charge in [0.05, 0.1) is 0 Å². The maximum Gasteiger partial charge on any atom is 0.460 e. The molecule has 0 saturated heterocycles. The third kappa shape index (κ3) is 2.73. The summed E-state index contributed by atoms with van der Waals surface area (Å²) in [6.07, 6.45) is -6.97. The van der Waals surface area contributed by atoms with Gasteiger partial charge in [-0.15, -0.1) is 0 Å². The second-order valence-electron chi connectivity index (χ2n) is 5.08. The van der Waals surface area contributed by atoms with Crippen molar-refractivity contribution in [2.75, 3.05) is 0 Å². The molecule has 0 aliphatic heterocycles. The Kier molecular flexibility index (Phi) is 4.30. The summed E-state index contributed by atoms with van der Waals surface area (Å²) in [4.78, 5) is 11.8. The van der Waals surface area contributed by atoms with Crippen molar-refractivity contribution in [1.82, 2.24) is 0 Å². The van der Waals surface area contributed by atoms with E-state index in [9.17, 15) is 44.3 Å². The van der Waals surface area contributed by atoms with E-state index in [0.29, 0.717) is 6.07 Å². The first-order valence-corrected chi connectivity index (χ1v) is 6.48. The molecule has 10 heteroatoms. The van der Waals surface area contributed by atoms with E-state index in [1.165, 1.54) is 24.3 Å². The highest BCUT2D eigenvalue weighted by molar-refractivity contribution is 6.11. The van der Waals surface area contributed by atoms with Crippen LogP contribution in [-0.2, 0) is 0 Å². The van der Waals surface area contributed by atoms with E-state index in [-0.39, 0.29) is 10.8 Å². The highest BCUT2D eigenvalue weighted by Crippen LogP contribution is 2.54. The molecule has 0 saturated carbocycles. The Morgan fingerprint density at radius 3 is 1.76 bits per heavy atom. The van der Waals surface area contributed by atoms with E-state index in [4.69, 9.17) is 0 Å². The fraction of sp³-hybridized carbons (Fsp3) is 0.267. The number of Topliss-reactive ketones (excluding diaryl/α,β-unsaturated/α-hetero) is 1. The van der Waals surface area contributed by atoms with Crippen molar-refractivity contribution >= 4 is 16.6 Å². The number of ketones is 1. The van der Waals surface area contributed by atoms with Gasteiger partial charge >= 0.3 is 23.9 Å². The molecule has 0 aromatic heterocycles. The van der Waals surface area contributed by atoms with Crippen LogP contribution >= 0.6 is 0 Å². The zero-order valence-electron chi connectivity index (χ0n) is 11.9. The number of halogens is 9. The lowest BCUT2D eigenvalue weighted by molar-refractivity contribution is -0.386. The predicted octanol–water partition coefficient (Wildman–Crippen LogP) is 5.49. The Hall–Kier alpha value is -2.26. The van der Waals surface area contributed by atoms with Gasteiger partial charge in [0.25, 0.3) is 0 Å². The van der Waals surface area contributed by atoms with Gasteiger partial charge in [0.1, 0.15) is 0 Å². The van der Waals surface area contributed by atoms with Crippen molar-refractivity contribution in [1.29, 1.82) is 0 Å². The summed E-state index contributed by atoms with van der Waals surface area (Å²) in [5.41, 5.74) is -1.10. The third-order valence-electron chi connectivity index (χ3n) is 3.46. The highest BCUT2D eigenvalue weighted by atomic mass is 19.4. The van der Waals surface area contributed by atoms with E-state index in [2.05, 4.69) is 0 Å². The Bertz CT molecular complexity index is 803. The molecule has 2 aromatic rings. The summed E-state index contributed by atoms with van der Waals surface area (Å²) in [6.45, 7) is 0. The predicted molar refractivity (Wildman–Crippen MR) is 69.2 cm³/mol. The van der Waals surface area contributed by atoms with Crippen molar-refractivity contribution < 1.29 is 44.3 Å². The number of carbonyl (C=O) groups excluding carboxylic acids is 1. The number of fused-ring (bicyclic) bond motifs is 1. The lowest BCUT2D eigenvalue weighted by Gasteiger charge is -2.32. The molecule has 0 radical (unpaired) electrons. The van der Waals surface area contributed by atoms with Crippen LogP contribution in [0.1, 0.15) is 10.4 Å². The van der Waals surface area contributed by atoms with Crippen LogP contribution in [0.5, 0.6) is 0 Å². The van der Waals surface area contributed by atoms with Gasteiger partial charge in [-0.05, 0) is 10.8 Å². The van der Waals surface area contributed by atoms with E-state index in [0.717, 1.165) is 12.1 Å². The quantitative estimate of drug-likeness (QED) is 0.511. The molecule has 0 spiro atoms. The summed E-state index contributed by atoms with van der Waals surface area (Å²) >= 11 is 0. The van der Waals surface area contributed by atoms with Crippen LogP contribution in [0.15, 0.2) is 42.5 Å². The molecule has 0 bridgehead atoms. The van der Waals surface area contributed by atoms with Crippen LogP contribution < -0.4 is 0 Å². The molecule has 1 nitrogen and oxygen atoms in total. The number of carbonyl (C=O) groups is 1. The molecule has 0 aliphatic carbocycles. The van der Waals surface area contributed by atoms with Crippen LogP contribution in [0.4, 0.5) is 39.5 Å². The van der Waals surface area contributed by atoms with Crippen molar-refractivity contribution in [3.8, 4) is 0 Å².